The standard InChI is InChI=1S/C17H25F2N3O2/c1-12(2)24-14-4-5-15(13(3)10-14)20-17(23)22-8-6-21(7-9-22)11-16(18)19/h4-5,10,12,16H,6-9,11H2,1-3H3,(H,20,23). The topological polar surface area (TPSA) is 44.8 Å². The number of carbonyl (C=O) groups is 1. The summed E-state index contributed by atoms with van der Waals surface area (Å²) in [6.07, 6.45) is -2.24. The Hall–Kier alpha value is -1.89. The van der Waals surface area contributed by atoms with Gasteiger partial charge >= 0.3 is 6.03 Å². The van der Waals surface area contributed by atoms with Crippen LogP contribution in [-0.4, -0.2) is 61.1 Å². The summed E-state index contributed by atoms with van der Waals surface area (Å²) < 4.78 is 30.4. The third-order valence-electron chi connectivity index (χ3n) is 3.87. The van der Waals surface area contributed by atoms with E-state index >= 15 is 0 Å². The summed E-state index contributed by atoms with van der Waals surface area (Å²) in [7, 11) is 0. The molecule has 0 bridgehead atoms. The molecule has 1 aromatic rings. The molecule has 0 aromatic heterocycles. The van der Waals surface area contributed by atoms with E-state index in [2.05, 4.69) is 5.32 Å². The number of ether oxygens (including phenoxy) is 1. The molecular weight excluding hydrogens is 316 g/mol. The van der Waals surface area contributed by atoms with E-state index in [0.717, 1.165) is 17.0 Å². The van der Waals surface area contributed by atoms with Crippen molar-refractivity contribution in [1.82, 2.24) is 9.80 Å². The van der Waals surface area contributed by atoms with Gasteiger partial charge in [-0.25, -0.2) is 13.6 Å². The average Bonchev–Trinajstić information content (AvgIpc) is 2.49. The highest BCUT2D eigenvalue weighted by Crippen LogP contribution is 2.22. The van der Waals surface area contributed by atoms with E-state index in [1.165, 1.54) is 0 Å². The number of carbonyl (C=O) groups excluding carboxylic acids is 1. The summed E-state index contributed by atoms with van der Waals surface area (Å²) in [6, 6.07) is 5.32. The highest BCUT2D eigenvalue weighted by Gasteiger charge is 2.23. The number of hydrogen-bond acceptors (Lipinski definition) is 3. The van der Waals surface area contributed by atoms with Gasteiger partial charge in [-0.15, -0.1) is 0 Å². The fraction of sp³-hybridized carbons (Fsp3) is 0.588. The maximum absolute atomic E-state index is 12.4. The molecule has 1 aliphatic rings. The van der Waals surface area contributed by atoms with E-state index < -0.39 is 6.43 Å². The molecule has 1 aliphatic heterocycles. The summed E-state index contributed by atoms with van der Waals surface area (Å²) >= 11 is 0. The first-order valence-corrected chi connectivity index (χ1v) is 8.19. The van der Waals surface area contributed by atoms with Crippen LogP contribution in [0.5, 0.6) is 5.75 Å². The van der Waals surface area contributed by atoms with Crippen LogP contribution >= 0.6 is 0 Å². The van der Waals surface area contributed by atoms with E-state index in [1.54, 1.807) is 9.80 Å². The van der Waals surface area contributed by atoms with Crippen molar-refractivity contribution in [3.8, 4) is 5.75 Å². The first-order valence-electron chi connectivity index (χ1n) is 8.19. The minimum absolute atomic E-state index is 0.0920. The molecule has 0 atom stereocenters. The lowest BCUT2D eigenvalue weighted by Crippen LogP contribution is -2.50. The fourth-order valence-corrected chi connectivity index (χ4v) is 2.64. The van der Waals surface area contributed by atoms with Gasteiger partial charge in [0.05, 0.1) is 12.6 Å². The van der Waals surface area contributed by atoms with Crippen molar-refractivity contribution in [2.75, 3.05) is 38.0 Å². The molecule has 2 rings (SSSR count). The van der Waals surface area contributed by atoms with Crippen LogP contribution in [0.1, 0.15) is 19.4 Å². The van der Waals surface area contributed by atoms with Crippen LogP contribution in [0.4, 0.5) is 19.3 Å². The number of anilines is 1. The molecule has 7 heteroatoms. The Morgan fingerprint density at radius 1 is 1.25 bits per heavy atom. The summed E-state index contributed by atoms with van der Waals surface area (Å²) in [4.78, 5) is 15.7. The highest BCUT2D eigenvalue weighted by molar-refractivity contribution is 5.90. The Bertz CT molecular complexity index is 559. The molecule has 24 heavy (non-hydrogen) atoms. The summed E-state index contributed by atoms with van der Waals surface area (Å²) in [5, 5.41) is 2.88. The molecule has 134 valence electrons. The van der Waals surface area contributed by atoms with E-state index in [-0.39, 0.29) is 18.7 Å². The molecule has 2 amide bonds. The van der Waals surface area contributed by atoms with Gasteiger partial charge in [0.25, 0.3) is 6.43 Å². The van der Waals surface area contributed by atoms with Crippen molar-refractivity contribution in [2.24, 2.45) is 0 Å². The first kappa shape index (κ1) is 18.4. The monoisotopic (exact) mass is 341 g/mol. The van der Waals surface area contributed by atoms with Gasteiger partial charge in [0.15, 0.2) is 0 Å². The maximum Gasteiger partial charge on any atom is 0.321 e. The van der Waals surface area contributed by atoms with Crippen molar-refractivity contribution < 1.29 is 18.3 Å². The van der Waals surface area contributed by atoms with Crippen molar-refractivity contribution in [3.63, 3.8) is 0 Å². The molecule has 1 fully saturated rings. The number of amides is 2. The Morgan fingerprint density at radius 2 is 1.92 bits per heavy atom. The largest absolute Gasteiger partial charge is 0.491 e. The minimum atomic E-state index is -2.33. The molecule has 1 saturated heterocycles. The van der Waals surface area contributed by atoms with Crippen LogP contribution in [-0.2, 0) is 0 Å². The second-order valence-corrected chi connectivity index (χ2v) is 6.25. The first-order chi connectivity index (χ1) is 11.3. The molecule has 0 unspecified atom stereocenters. The highest BCUT2D eigenvalue weighted by atomic mass is 19.3. The van der Waals surface area contributed by atoms with Crippen LogP contribution in [0.15, 0.2) is 18.2 Å². The molecule has 0 aliphatic carbocycles. The lowest BCUT2D eigenvalue weighted by molar-refractivity contribution is 0.0651. The van der Waals surface area contributed by atoms with Crippen LogP contribution in [0.25, 0.3) is 0 Å². The number of hydrogen-bond donors (Lipinski definition) is 1. The second-order valence-electron chi connectivity index (χ2n) is 6.25. The zero-order valence-corrected chi connectivity index (χ0v) is 14.4. The molecule has 0 spiro atoms. The van der Waals surface area contributed by atoms with Gasteiger partial charge in [0, 0.05) is 31.9 Å². The lowest BCUT2D eigenvalue weighted by Gasteiger charge is -2.34. The normalized spacial score (nSPS) is 15.9. The van der Waals surface area contributed by atoms with Crippen molar-refractivity contribution in [1.29, 1.82) is 0 Å². The molecule has 0 saturated carbocycles. The molecule has 1 heterocycles. The van der Waals surface area contributed by atoms with Crippen LogP contribution in [0.3, 0.4) is 0 Å². The van der Waals surface area contributed by atoms with Crippen molar-refractivity contribution >= 4 is 11.7 Å². The summed E-state index contributed by atoms with van der Waals surface area (Å²) in [5.74, 6) is 0.765. The Balaban J connectivity index is 1.89. The number of rotatable bonds is 5. The molecule has 0 radical (unpaired) electrons. The lowest BCUT2D eigenvalue weighted by atomic mass is 10.2. The van der Waals surface area contributed by atoms with Gasteiger partial charge < -0.3 is 15.0 Å². The minimum Gasteiger partial charge on any atom is -0.491 e. The van der Waals surface area contributed by atoms with Gasteiger partial charge in [0.2, 0.25) is 0 Å². The van der Waals surface area contributed by atoms with Crippen LogP contribution < -0.4 is 10.1 Å². The van der Waals surface area contributed by atoms with E-state index in [0.29, 0.717) is 26.2 Å². The third kappa shape index (κ3) is 5.33. The van der Waals surface area contributed by atoms with E-state index in [9.17, 15) is 13.6 Å². The molecule has 1 aromatic carbocycles. The number of aryl methyl sites for hydroxylation is 1. The number of nitrogens with zero attached hydrogens (tertiary/aromatic N) is 2. The quantitative estimate of drug-likeness (QED) is 0.894. The number of urea groups is 1. The van der Waals surface area contributed by atoms with Crippen LogP contribution in [0.2, 0.25) is 0 Å². The molecule has 5 nitrogen and oxygen atoms in total. The zero-order valence-electron chi connectivity index (χ0n) is 14.4. The predicted molar refractivity (Wildman–Crippen MR) is 90.0 cm³/mol. The van der Waals surface area contributed by atoms with Crippen molar-refractivity contribution in [3.05, 3.63) is 23.8 Å². The summed E-state index contributed by atoms with van der Waals surface area (Å²) in [6.45, 7) is 7.43. The number of alkyl halides is 2. The van der Waals surface area contributed by atoms with Crippen molar-refractivity contribution in [2.45, 2.75) is 33.3 Å². The SMILES string of the molecule is Cc1cc(OC(C)C)ccc1NC(=O)N1CCN(CC(F)F)CC1. The number of piperazine rings is 1. The van der Waals surface area contributed by atoms with Gasteiger partial charge in [-0.1, -0.05) is 0 Å². The number of benzene rings is 1. The average molecular weight is 341 g/mol. The Morgan fingerprint density at radius 3 is 2.46 bits per heavy atom. The number of nitrogens with one attached hydrogen (secondary N) is 1. The number of halogens is 2. The fourth-order valence-electron chi connectivity index (χ4n) is 2.64. The zero-order chi connectivity index (χ0) is 17.7. The molecular formula is C17H25F2N3O2. The molecule has 1 N–H and O–H groups in total. The van der Waals surface area contributed by atoms with E-state index in [4.69, 9.17) is 4.74 Å². The Labute approximate surface area is 141 Å². The van der Waals surface area contributed by atoms with Gasteiger partial charge in [-0.3, -0.25) is 4.90 Å². The van der Waals surface area contributed by atoms with Gasteiger partial charge in [-0.2, -0.15) is 0 Å². The Kier molecular flexibility index (Phi) is 6.36. The maximum atomic E-state index is 12.4. The predicted octanol–water partition coefficient (Wildman–Crippen LogP) is 3.20. The third-order valence-corrected chi connectivity index (χ3v) is 3.87. The second kappa shape index (κ2) is 8.28. The van der Waals surface area contributed by atoms with Gasteiger partial charge in [-0.05, 0) is 44.5 Å². The van der Waals surface area contributed by atoms with Crippen LogP contribution in [0, 0.1) is 6.92 Å². The summed E-state index contributed by atoms with van der Waals surface area (Å²) in [5.41, 5.74) is 1.64. The van der Waals surface area contributed by atoms with Gasteiger partial charge in [0.1, 0.15) is 5.75 Å². The smallest absolute Gasteiger partial charge is 0.321 e. The van der Waals surface area contributed by atoms with E-state index in [1.807, 2.05) is 39.0 Å².